The summed E-state index contributed by atoms with van der Waals surface area (Å²) in [6.45, 7) is 2.99. The SMILES string of the molecule is CCCNc1cc(NC2CCCC2CO)cc([N+](=O)[O-])c1. The third kappa shape index (κ3) is 4.07. The molecule has 2 atom stereocenters. The molecular formula is C15H23N3O3. The van der Waals surface area contributed by atoms with E-state index in [2.05, 4.69) is 10.6 Å². The molecule has 1 saturated carbocycles. The van der Waals surface area contributed by atoms with Crippen molar-refractivity contribution in [3.05, 3.63) is 28.3 Å². The van der Waals surface area contributed by atoms with Gasteiger partial charge in [-0.15, -0.1) is 0 Å². The van der Waals surface area contributed by atoms with Crippen molar-refractivity contribution in [2.24, 2.45) is 5.92 Å². The summed E-state index contributed by atoms with van der Waals surface area (Å²) in [6.07, 6.45) is 4.04. The average molecular weight is 293 g/mol. The highest BCUT2D eigenvalue weighted by molar-refractivity contribution is 5.63. The molecule has 3 N–H and O–H groups in total. The lowest BCUT2D eigenvalue weighted by Crippen LogP contribution is -2.26. The Hall–Kier alpha value is -1.82. The average Bonchev–Trinajstić information content (AvgIpc) is 2.92. The molecule has 0 radical (unpaired) electrons. The van der Waals surface area contributed by atoms with Gasteiger partial charge in [0.2, 0.25) is 0 Å². The van der Waals surface area contributed by atoms with E-state index in [1.807, 2.05) is 13.0 Å². The van der Waals surface area contributed by atoms with E-state index in [0.717, 1.165) is 43.6 Å². The van der Waals surface area contributed by atoms with Crippen LogP contribution in [-0.2, 0) is 0 Å². The van der Waals surface area contributed by atoms with Crippen LogP contribution in [0.2, 0.25) is 0 Å². The van der Waals surface area contributed by atoms with Gasteiger partial charge in [0.25, 0.3) is 5.69 Å². The first-order valence-corrected chi connectivity index (χ1v) is 7.54. The monoisotopic (exact) mass is 293 g/mol. The van der Waals surface area contributed by atoms with Gasteiger partial charge in [-0.2, -0.15) is 0 Å². The second-order valence-electron chi connectivity index (χ2n) is 5.58. The quantitative estimate of drug-likeness (QED) is 0.531. The Morgan fingerprint density at radius 1 is 1.33 bits per heavy atom. The van der Waals surface area contributed by atoms with Gasteiger partial charge in [0, 0.05) is 48.6 Å². The molecule has 1 aromatic rings. The zero-order chi connectivity index (χ0) is 15.2. The molecule has 0 heterocycles. The van der Waals surface area contributed by atoms with Crippen LogP contribution >= 0.6 is 0 Å². The zero-order valence-corrected chi connectivity index (χ0v) is 12.3. The summed E-state index contributed by atoms with van der Waals surface area (Å²) in [6, 6.07) is 5.20. The number of benzene rings is 1. The Labute approximate surface area is 124 Å². The number of anilines is 2. The van der Waals surface area contributed by atoms with Gasteiger partial charge in [-0.1, -0.05) is 13.3 Å². The number of aliphatic hydroxyl groups excluding tert-OH is 1. The number of aliphatic hydroxyl groups is 1. The van der Waals surface area contributed by atoms with Crippen LogP contribution < -0.4 is 10.6 Å². The van der Waals surface area contributed by atoms with Crippen molar-refractivity contribution < 1.29 is 10.0 Å². The third-order valence-corrected chi connectivity index (χ3v) is 3.95. The topological polar surface area (TPSA) is 87.4 Å². The second kappa shape index (κ2) is 7.26. The normalized spacial score (nSPS) is 21.2. The lowest BCUT2D eigenvalue weighted by Gasteiger charge is -2.20. The minimum Gasteiger partial charge on any atom is -0.396 e. The maximum Gasteiger partial charge on any atom is 0.273 e. The molecule has 1 fully saturated rings. The molecule has 0 amide bonds. The third-order valence-electron chi connectivity index (χ3n) is 3.95. The van der Waals surface area contributed by atoms with Crippen LogP contribution in [0.4, 0.5) is 17.1 Å². The predicted octanol–water partition coefficient (Wildman–Crippen LogP) is 2.99. The molecule has 0 aliphatic heterocycles. The van der Waals surface area contributed by atoms with E-state index in [-0.39, 0.29) is 29.2 Å². The van der Waals surface area contributed by atoms with Crippen LogP contribution in [0.1, 0.15) is 32.6 Å². The van der Waals surface area contributed by atoms with E-state index in [4.69, 9.17) is 0 Å². The van der Waals surface area contributed by atoms with Crippen LogP contribution in [0.3, 0.4) is 0 Å². The van der Waals surface area contributed by atoms with Crippen LogP contribution in [0.15, 0.2) is 18.2 Å². The molecule has 21 heavy (non-hydrogen) atoms. The molecule has 116 valence electrons. The minimum absolute atomic E-state index is 0.0807. The number of nitrogens with one attached hydrogen (secondary N) is 2. The Bertz CT molecular complexity index is 493. The van der Waals surface area contributed by atoms with Crippen molar-refractivity contribution >= 4 is 17.1 Å². The summed E-state index contributed by atoms with van der Waals surface area (Å²) in [5, 5.41) is 27.0. The van der Waals surface area contributed by atoms with Gasteiger partial charge in [0.1, 0.15) is 0 Å². The maximum atomic E-state index is 11.0. The number of hydrogen-bond acceptors (Lipinski definition) is 5. The molecular weight excluding hydrogens is 270 g/mol. The number of nitro benzene ring substituents is 1. The van der Waals surface area contributed by atoms with Crippen molar-refractivity contribution in [1.82, 2.24) is 0 Å². The summed E-state index contributed by atoms with van der Waals surface area (Å²) in [5.41, 5.74) is 1.58. The summed E-state index contributed by atoms with van der Waals surface area (Å²) in [7, 11) is 0. The number of hydrogen-bond donors (Lipinski definition) is 3. The molecule has 0 spiro atoms. The summed E-state index contributed by atoms with van der Waals surface area (Å²) in [5.74, 6) is 0.233. The van der Waals surface area contributed by atoms with E-state index in [0.29, 0.717) is 0 Å². The number of nitro groups is 1. The lowest BCUT2D eigenvalue weighted by atomic mass is 10.0. The van der Waals surface area contributed by atoms with Crippen LogP contribution in [0.25, 0.3) is 0 Å². The number of rotatable bonds is 7. The molecule has 6 nitrogen and oxygen atoms in total. The summed E-state index contributed by atoms with van der Waals surface area (Å²) in [4.78, 5) is 10.7. The highest BCUT2D eigenvalue weighted by atomic mass is 16.6. The summed E-state index contributed by atoms with van der Waals surface area (Å²) >= 11 is 0. The molecule has 1 aliphatic rings. The van der Waals surface area contributed by atoms with E-state index in [1.165, 1.54) is 0 Å². The van der Waals surface area contributed by atoms with Crippen molar-refractivity contribution in [2.45, 2.75) is 38.6 Å². The first-order chi connectivity index (χ1) is 10.1. The van der Waals surface area contributed by atoms with E-state index >= 15 is 0 Å². The second-order valence-corrected chi connectivity index (χ2v) is 5.58. The first-order valence-electron chi connectivity index (χ1n) is 7.54. The Morgan fingerprint density at radius 2 is 2.10 bits per heavy atom. The van der Waals surface area contributed by atoms with Gasteiger partial charge < -0.3 is 15.7 Å². The van der Waals surface area contributed by atoms with Crippen molar-refractivity contribution in [3.8, 4) is 0 Å². The van der Waals surface area contributed by atoms with Crippen molar-refractivity contribution in [3.63, 3.8) is 0 Å². The van der Waals surface area contributed by atoms with Gasteiger partial charge in [-0.3, -0.25) is 10.1 Å². The van der Waals surface area contributed by atoms with E-state index in [1.54, 1.807) is 12.1 Å². The first kappa shape index (κ1) is 15.6. The Morgan fingerprint density at radius 3 is 2.76 bits per heavy atom. The van der Waals surface area contributed by atoms with Gasteiger partial charge in [-0.25, -0.2) is 0 Å². The number of non-ortho nitro benzene ring substituents is 1. The van der Waals surface area contributed by atoms with Gasteiger partial charge in [-0.05, 0) is 25.3 Å². The number of nitrogens with zero attached hydrogens (tertiary/aromatic N) is 1. The Kier molecular flexibility index (Phi) is 5.38. The predicted molar refractivity (Wildman–Crippen MR) is 83.7 cm³/mol. The molecule has 1 aliphatic carbocycles. The zero-order valence-electron chi connectivity index (χ0n) is 12.3. The fraction of sp³-hybridized carbons (Fsp3) is 0.600. The molecule has 2 unspecified atom stereocenters. The fourth-order valence-electron chi connectivity index (χ4n) is 2.83. The molecule has 0 aromatic heterocycles. The lowest BCUT2D eigenvalue weighted by molar-refractivity contribution is -0.384. The molecule has 1 aromatic carbocycles. The summed E-state index contributed by atoms with van der Waals surface area (Å²) < 4.78 is 0. The van der Waals surface area contributed by atoms with Gasteiger partial charge >= 0.3 is 0 Å². The van der Waals surface area contributed by atoms with Gasteiger partial charge in [0.05, 0.1) is 4.92 Å². The molecule has 6 heteroatoms. The highest BCUT2D eigenvalue weighted by Crippen LogP contribution is 2.31. The van der Waals surface area contributed by atoms with Crippen molar-refractivity contribution in [1.29, 1.82) is 0 Å². The van der Waals surface area contributed by atoms with Crippen LogP contribution in [0, 0.1) is 16.0 Å². The minimum atomic E-state index is -0.375. The smallest absolute Gasteiger partial charge is 0.273 e. The van der Waals surface area contributed by atoms with Crippen LogP contribution in [-0.4, -0.2) is 29.2 Å². The molecule has 2 rings (SSSR count). The standard InChI is InChI=1S/C15H23N3O3/c1-2-6-16-12-7-13(9-14(8-12)18(20)21)17-15-5-3-4-11(15)10-19/h7-9,11,15-17,19H,2-6,10H2,1H3. The van der Waals surface area contributed by atoms with Crippen molar-refractivity contribution in [2.75, 3.05) is 23.8 Å². The van der Waals surface area contributed by atoms with Crippen LogP contribution in [0.5, 0.6) is 0 Å². The fourth-order valence-corrected chi connectivity index (χ4v) is 2.83. The maximum absolute atomic E-state index is 11.0. The largest absolute Gasteiger partial charge is 0.396 e. The highest BCUT2D eigenvalue weighted by Gasteiger charge is 2.26. The Balaban J connectivity index is 2.16. The van der Waals surface area contributed by atoms with E-state index in [9.17, 15) is 15.2 Å². The molecule has 0 saturated heterocycles. The van der Waals surface area contributed by atoms with E-state index < -0.39 is 0 Å². The molecule has 0 bridgehead atoms. The van der Waals surface area contributed by atoms with Gasteiger partial charge in [0.15, 0.2) is 0 Å².